The van der Waals surface area contributed by atoms with E-state index in [2.05, 4.69) is 5.32 Å². The minimum absolute atomic E-state index is 0. The van der Waals surface area contributed by atoms with Gasteiger partial charge >= 0.3 is 5.97 Å². The smallest absolute Gasteiger partial charge is 0.325 e. The van der Waals surface area contributed by atoms with Crippen LogP contribution in [0.3, 0.4) is 0 Å². The average Bonchev–Trinajstić information content (AvgIpc) is 2.11. The average molecular weight is 238 g/mol. The lowest BCUT2D eigenvalue weighted by Gasteiger charge is -2.11. The number of anilines is 1. The van der Waals surface area contributed by atoms with Crippen molar-refractivity contribution < 1.29 is 18.7 Å². The van der Waals surface area contributed by atoms with E-state index in [0.29, 0.717) is 0 Å². The number of aliphatic carboxylic acids is 1. The summed E-state index contributed by atoms with van der Waals surface area (Å²) in [6.07, 6.45) is 0. The van der Waals surface area contributed by atoms with Crippen molar-refractivity contribution in [1.29, 1.82) is 0 Å². The number of nitrogens with one attached hydrogen (secondary N) is 1. The summed E-state index contributed by atoms with van der Waals surface area (Å²) in [5.41, 5.74) is -0.414. The summed E-state index contributed by atoms with van der Waals surface area (Å²) in [6, 6.07) is 2.28. The van der Waals surface area contributed by atoms with Crippen LogP contribution < -0.4 is 5.32 Å². The van der Waals surface area contributed by atoms with E-state index in [9.17, 15) is 13.6 Å². The Morgan fingerprint density at radius 1 is 1.40 bits per heavy atom. The molecule has 0 bridgehead atoms. The number of rotatable bonds is 3. The van der Waals surface area contributed by atoms with E-state index < -0.39 is 29.3 Å². The molecule has 6 heteroatoms. The third-order valence-electron chi connectivity index (χ3n) is 1.69. The van der Waals surface area contributed by atoms with Gasteiger partial charge in [0, 0.05) is 0 Å². The fourth-order valence-electron chi connectivity index (χ4n) is 0.914. The van der Waals surface area contributed by atoms with Gasteiger partial charge in [-0.1, -0.05) is 6.07 Å². The molecular formula is C9H10ClF2NO2. The van der Waals surface area contributed by atoms with Gasteiger partial charge in [-0.2, -0.15) is 0 Å². The van der Waals surface area contributed by atoms with E-state index in [4.69, 9.17) is 5.11 Å². The van der Waals surface area contributed by atoms with E-state index in [1.54, 1.807) is 0 Å². The number of carboxylic acid groups (broad SMARTS) is 1. The molecule has 0 aliphatic rings. The van der Waals surface area contributed by atoms with Crippen LogP contribution >= 0.6 is 12.4 Å². The zero-order chi connectivity index (χ0) is 10.7. The number of hydrogen-bond donors (Lipinski definition) is 2. The first-order chi connectivity index (χ1) is 6.52. The Labute approximate surface area is 91.5 Å². The Morgan fingerprint density at radius 3 is 2.27 bits per heavy atom. The predicted molar refractivity (Wildman–Crippen MR) is 54.3 cm³/mol. The van der Waals surface area contributed by atoms with E-state index in [-0.39, 0.29) is 12.4 Å². The third-order valence-corrected chi connectivity index (χ3v) is 1.69. The van der Waals surface area contributed by atoms with Crippen molar-refractivity contribution in [2.24, 2.45) is 0 Å². The maximum Gasteiger partial charge on any atom is 0.325 e. The normalized spacial score (nSPS) is 11.4. The fraction of sp³-hybridized carbons (Fsp3) is 0.222. The topological polar surface area (TPSA) is 49.3 Å². The molecule has 0 saturated carbocycles. The second-order valence-electron chi connectivity index (χ2n) is 2.80. The lowest BCUT2D eigenvalue weighted by Crippen LogP contribution is -2.26. The van der Waals surface area contributed by atoms with E-state index in [1.807, 2.05) is 0 Å². The zero-order valence-electron chi connectivity index (χ0n) is 7.83. The number of benzene rings is 1. The highest BCUT2D eigenvalue weighted by molar-refractivity contribution is 5.85. The van der Waals surface area contributed by atoms with Crippen LogP contribution in [0.4, 0.5) is 14.5 Å². The fourth-order valence-corrected chi connectivity index (χ4v) is 0.914. The monoisotopic (exact) mass is 237 g/mol. The number of para-hydroxylation sites is 1. The Balaban J connectivity index is 0.00000196. The first-order valence-corrected chi connectivity index (χ1v) is 3.95. The SMILES string of the molecule is C[C@H](Nc1c(F)cccc1F)C(=O)O.Cl. The van der Waals surface area contributed by atoms with Crippen LogP contribution in [-0.4, -0.2) is 17.1 Å². The number of carboxylic acids is 1. The highest BCUT2D eigenvalue weighted by atomic mass is 35.5. The molecular weight excluding hydrogens is 228 g/mol. The molecule has 0 saturated heterocycles. The van der Waals surface area contributed by atoms with Crippen LogP contribution in [0.1, 0.15) is 6.92 Å². The molecule has 0 amide bonds. The van der Waals surface area contributed by atoms with Gasteiger partial charge in [-0.05, 0) is 19.1 Å². The summed E-state index contributed by atoms with van der Waals surface area (Å²) in [5.74, 6) is -2.79. The standard InChI is InChI=1S/C9H9F2NO2.ClH/c1-5(9(13)14)12-8-6(10)3-2-4-7(8)11;/h2-5,12H,1H3,(H,13,14);1H/t5-;/m0./s1. The molecule has 3 nitrogen and oxygen atoms in total. The third kappa shape index (κ3) is 3.36. The molecule has 2 N–H and O–H groups in total. The molecule has 0 aliphatic heterocycles. The van der Waals surface area contributed by atoms with Crippen molar-refractivity contribution in [3.63, 3.8) is 0 Å². The van der Waals surface area contributed by atoms with E-state index in [0.717, 1.165) is 12.1 Å². The summed E-state index contributed by atoms with van der Waals surface area (Å²) in [4.78, 5) is 10.4. The maximum absolute atomic E-state index is 13.0. The molecule has 1 rings (SSSR count). The van der Waals surface area contributed by atoms with Gasteiger partial charge in [0.05, 0.1) is 0 Å². The molecule has 84 valence electrons. The van der Waals surface area contributed by atoms with Gasteiger partial charge in [-0.15, -0.1) is 12.4 Å². The molecule has 0 heterocycles. The molecule has 0 fully saturated rings. The molecule has 0 radical (unpaired) electrons. The van der Waals surface area contributed by atoms with Crippen molar-refractivity contribution in [3.8, 4) is 0 Å². The Bertz CT molecular complexity index is 340. The second-order valence-corrected chi connectivity index (χ2v) is 2.80. The zero-order valence-corrected chi connectivity index (χ0v) is 8.65. The number of halogens is 3. The van der Waals surface area contributed by atoms with Gasteiger partial charge in [0.1, 0.15) is 23.4 Å². The highest BCUT2D eigenvalue weighted by Gasteiger charge is 2.15. The Hall–Kier alpha value is -1.36. The Kier molecular flexibility index (Phi) is 5.00. The highest BCUT2D eigenvalue weighted by Crippen LogP contribution is 2.18. The summed E-state index contributed by atoms with van der Waals surface area (Å²) >= 11 is 0. The van der Waals surface area contributed by atoms with Gasteiger partial charge in [-0.3, -0.25) is 4.79 Å². The van der Waals surface area contributed by atoms with Crippen LogP contribution in [0.5, 0.6) is 0 Å². The van der Waals surface area contributed by atoms with Crippen molar-refractivity contribution in [3.05, 3.63) is 29.8 Å². The minimum atomic E-state index is -1.17. The van der Waals surface area contributed by atoms with Crippen molar-refractivity contribution >= 4 is 24.1 Å². The molecule has 15 heavy (non-hydrogen) atoms. The summed E-state index contributed by atoms with van der Waals surface area (Å²) in [7, 11) is 0. The van der Waals surface area contributed by atoms with Crippen LogP contribution in [0, 0.1) is 11.6 Å². The van der Waals surface area contributed by atoms with Crippen molar-refractivity contribution in [2.45, 2.75) is 13.0 Å². The van der Waals surface area contributed by atoms with Gasteiger partial charge in [0.2, 0.25) is 0 Å². The Morgan fingerprint density at radius 2 is 1.87 bits per heavy atom. The van der Waals surface area contributed by atoms with Crippen LogP contribution in [-0.2, 0) is 4.79 Å². The van der Waals surface area contributed by atoms with E-state index in [1.165, 1.54) is 13.0 Å². The van der Waals surface area contributed by atoms with Crippen LogP contribution in [0.15, 0.2) is 18.2 Å². The van der Waals surface area contributed by atoms with Crippen molar-refractivity contribution in [2.75, 3.05) is 5.32 Å². The van der Waals surface area contributed by atoms with Gasteiger partial charge in [0.25, 0.3) is 0 Å². The molecule has 0 aromatic heterocycles. The molecule has 1 aromatic rings. The molecule has 0 spiro atoms. The second kappa shape index (κ2) is 5.50. The number of carbonyl (C=O) groups is 1. The predicted octanol–water partition coefficient (Wildman–Crippen LogP) is 2.27. The number of hydrogen-bond acceptors (Lipinski definition) is 2. The maximum atomic E-state index is 13.0. The largest absolute Gasteiger partial charge is 0.480 e. The molecule has 1 atom stereocenters. The lowest BCUT2D eigenvalue weighted by molar-refractivity contribution is -0.137. The van der Waals surface area contributed by atoms with Gasteiger partial charge in [-0.25, -0.2) is 8.78 Å². The molecule has 0 aliphatic carbocycles. The molecule has 1 aromatic carbocycles. The van der Waals surface area contributed by atoms with Crippen LogP contribution in [0.25, 0.3) is 0 Å². The van der Waals surface area contributed by atoms with Gasteiger partial charge in [0.15, 0.2) is 0 Å². The van der Waals surface area contributed by atoms with E-state index >= 15 is 0 Å². The summed E-state index contributed by atoms with van der Waals surface area (Å²) in [5, 5.41) is 10.7. The summed E-state index contributed by atoms with van der Waals surface area (Å²) in [6.45, 7) is 1.30. The van der Waals surface area contributed by atoms with Gasteiger partial charge < -0.3 is 10.4 Å². The first kappa shape index (κ1) is 13.6. The minimum Gasteiger partial charge on any atom is -0.480 e. The lowest BCUT2D eigenvalue weighted by atomic mass is 10.2. The van der Waals surface area contributed by atoms with Crippen molar-refractivity contribution in [1.82, 2.24) is 0 Å². The molecule has 0 unspecified atom stereocenters. The summed E-state index contributed by atoms with van der Waals surface area (Å²) < 4.78 is 26.0. The quantitative estimate of drug-likeness (QED) is 0.848. The first-order valence-electron chi connectivity index (χ1n) is 3.95. The van der Waals surface area contributed by atoms with Crippen LogP contribution in [0.2, 0.25) is 0 Å².